The highest BCUT2D eigenvalue weighted by atomic mass is 32.1. The predicted octanol–water partition coefficient (Wildman–Crippen LogP) is 3.33. The van der Waals surface area contributed by atoms with Crippen molar-refractivity contribution in [2.24, 2.45) is 0 Å². The molecule has 1 atom stereocenters. The van der Waals surface area contributed by atoms with Crippen molar-refractivity contribution in [2.75, 3.05) is 23.3 Å². The molecule has 10 heteroatoms. The van der Waals surface area contributed by atoms with Crippen LogP contribution in [0.3, 0.4) is 0 Å². The number of cyclic esters (lactones) is 1. The van der Waals surface area contributed by atoms with E-state index in [0.29, 0.717) is 28.9 Å². The van der Waals surface area contributed by atoms with Gasteiger partial charge >= 0.3 is 6.09 Å². The summed E-state index contributed by atoms with van der Waals surface area (Å²) in [5.74, 6) is -0.527. The second-order valence-electron chi connectivity index (χ2n) is 5.51. The van der Waals surface area contributed by atoms with Crippen molar-refractivity contribution in [3.8, 4) is 0 Å². The van der Waals surface area contributed by atoms with E-state index in [9.17, 15) is 9.18 Å². The van der Waals surface area contributed by atoms with Crippen molar-refractivity contribution < 1.29 is 13.9 Å². The molecule has 26 heavy (non-hydrogen) atoms. The van der Waals surface area contributed by atoms with E-state index in [0.717, 1.165) is 0 Å². The van der Waals surface area contributed by atoms with Crippen LogP contribution in [0.4, 0.5) is 20.0 Å². The summed E-state index contributed by atoms with van der Waals surface area (Å²) < 4.78 is 19.8. The highest BCUT2D eigenvalue weighted by Crippen LogP contribution is 2.25. The Morgan fingerprint density at radius 1 is 1.50 bits per heavy atom. The Balaban J connectivity index is 1.70. The number of rotatable bonds is 5. The minimum Gasteiger partial charge on any atom is -0.442 e. The third kappa shape index (κ3) is 4.32. The number of amides is 1. The normalized spacial score (nSPS) is 16.3. The number of hydrogen-bond acceptors (Lipinski definition) is 6. The van der Waals surface area contributed by atoms with E-state index in [1.165, 1.54) is 28.4 Å². The fourth-order valence-electron chi connectivity index (χ4n) is 2.40. The van der Waals surface area contributed by atoms with Crippen LogP contribution in [0.25, 0.3) is 0 Å². The van der Waals surface area contributed by atoms with Crippen LogP contribution < -0.4 is 15.5 Å². The van der Waals surface area contributed by atoms with Gasteiger partial charge in [-0.05, 0) is 25.1 Å². The number of hydrogen-bond donors (Lipinski definition) is 2. The molecule has 2 N–H and O–H groups in total. The van der Waals surface area contributed by atoms with E-state index >= 15 is 0 Å². The van der Waals surface area contributed by atoms with E-state index in [-0.39, 0.29) is 16.7 Å². The summed E-state index contributed by atoms with van der Waals surface area (Å²) in [5, 5.41) is 8.22. The first-order valence-electron chi connectivity index (χ1n) is 7.67. The van der Waals surface area contributed by atoms with Crippen LogP contribution in [0.5, 0.6) is 0 Å². The molecule has 0 unspecified atom stereocenters. The van der Waals surface area contributed by atoms with Gasteiger partial charge in [-0.1, -0.05) is 24.4 Å². The quantitative estimate of drug-likeness (QED) is 0.733. The zero-order valence-corrected chi connectivity index (χ0v) is 16.1. The molecule has 1 amide bonds. The number of nitrogens with one attached hydrogen (secondary N) is 2. The lowest BCUT2D eigenvalue weighted by molar-refractivity contribution is 0.143. The van der Waals surface area contributed by atoms with E-state index in [1.807, 2.05) is 0 Å². The minimum atomic E-state index is -0.527. The molecule has 1 fully saturated rings. The number of carbonyl (C=O) groups excluding carboxylic acids is 1. The average molecular weight is 411 g/mol. The van der Waals surface area contributed by atoms with Gasteiger partial charge in [0.05, 0.1) is 23.8 Å². The summed E-state index contributed by atoms with van der Waals surface area (Å²) in [6, 6.07) is 4.44. The molecule has 1 saturated heterocycles. The van der Waals surface area contributed by atoms with Crippen LogP contribution in [0.1, 0.15) is 12.5 Å². The minimum absolute atomic E-state index is 0.228. The highest BCUT2D eigenvalue weighted by Gasteiger charge is 2.32. The molecule has 0 bridgehead atoms. The summed E-state index contributed by atoms with van der Waals surface area (Å²) in [6.07, 6.45) is 0.759. The molecule has 1 aliphatic rings. The molecule has 1 aromatic heterocycles. The Morgan fingerprint density at radius 2 is 2.31 bits per heavy atom. The Hall–Kier alpha value is -2.17. The second kappa shape index (κ2) is 8.02. The first-order valence-corrected chi connectivity index (χ1v) is 9.36. The van der Waals surface area contributed by atoms with Gasteiger partial charge in [0.15, 0.2) is 5.13 Å². The molecule has 6 nitrogen and oxygen atoms in total. The maximum atomic E-state index is 14.5. The lowest BCUT2D eigenvalue weighted by Crippen LogP contribution is -2.32. The Labute approximate surface area is 164 Å². The molecule has 136 valence electrons. The zero-order valence-electron chi connectivity index (χ0n) is 13.7. The van der Waals surface area contributed by atoms with Crippen molar-refractivity contribution in [3.63, 3.8) is 0 Å². The summed E-state index contributed by atoms with van der Waals surface area (Å²) in [5.41, 5.74) is 0.649. The predicted molar refractivity (Wildman–Crippen MR) is 108 cm³/mol. The maximum absolute atomic E-state index is 14.5. The van der Waals surface area contributed by atoms with Gasteiger partial charge in [-0.3, -0.25) is 4.90 Å². The smallest absolute Gasteiger partial charge is 0.414 e. The summed E-state index contributed by atoms with van der Waals surface area (Å²) in [7, 11) is 0. The van der Waals surface area contributed by atoms with Gasteiger partial charge in [-0.2, -0.15) is 0 Å². The van der Waals surface area contributed by atoms with Crippen LogP contribution >= 0.6 is 35.8 Å². The van der Waals surface area contributed by atoms with Crippen LogP contribution in [-0.4, -0.2) is 40.2 Å². The van der Waals surface area contributed by atoms with Crippen LogP contribution in [0, 0.1) is 5.82 Å². The van der Waals surface area contributed by atoms with Gasteiger partial charge in [0.25, 0.3) is 0 Å². The van der Waals surface area contributed by atoms with Gasteiger partial charge in [0, 0.05) is 17.1 Å². The fourth-order valence-corrected chi connectivity index (χ4v) is 3.35. The molecule has 3 rings (SSSR count). The van der Waals surface area contributed by atoms with Crippen molar-refractivity contribution >= 4 is 62.7 Å². The maximum Gasteiger partial charge on any atom is 0.414 e. The molecule has 0 spiro atoms. The molecular formula is C16H15FN4O2S3. The number of benzene rings is 1. The Kier molecular flexibility index (Phi) is 5.74. The molecule has 0 aliphatic carbocycles. The lowest BCUT2D eigenvalue weighted by Gasteiger charge is -2.15. The Morgan fingerprint density at radius 3 is 2.96 bits per heavy atom. The topological polar surface area (TPSA) is 66.5 Å². The molecule has 1 aliphatic heterocycles. The molecule has 0 saturated carbocycles. The number of aromatic nitrogens is 1. The highest BCUT2D eigenvalue weighted by molar-refractivity contribution is 7.81. The molecule has 1 aromatic carbocycles. The van der Waals surface area contributed by atoms with Gasteiger partial charge in [0.2, 0.25) is 0 Å². The number of carbonyl (C=O) groups is 1. The van der Waals surface area contributed by atoms with Gasteiger partial charge in [0.1, 0.15) is 16.9 Å². The van der Waals surface area contributed by atoms with Gasteiger partial charge < -0.3 is 15.4 Å². The number of ether oxygens (including phenoxy) is 1. The van der Waals surface area contributed by atoms with Crippen LogP contribution in [0.2, 0.25) is 0 Å². The molecule has 2 aromatic rings. The van der Waals surface area contributed by atoms with Crippen molar-refractivity contribution in [1.29, 1.82) is 0 Å². The third-order valence-electron chi connectivity index (χ3n) is 3.61. The summed E-state index contributed by atoms with van der Waals surface area (Å²) in [6.45, 7) is 2.48. The first kappa shape index (κ1) is 18.6. The number of halogens is 1. The first-order chi connectivity index (χ1) is 12.4. The Bertz CT molecular complexity index is 844. The number of thiocarbonyl (C=S) groups is 2. The largest absolute Gasteiger partial charge is 0.442 e. The van der Waals surface area contributed by atoms with Crippen LogP contribution in [0.15, 0.2) is 29.8 Å². The molecular weight excluding hydrogens is 395 g/mol. The molecule has 2 heterocycles. The third-order valence-corrected chi connectivity index (χ3v) is 4.77. The molecule has 0 radical (unpaired) electrons. The zero-order chi connectivity index (χ0) is 18.7. The fraction of sp³-hybridized carbons (Fsp3) is 0.250. The van der Waals surface area contributed by atoms with E-state index in [2.05, 4.69) is 15.6 Å². The number of nitrogens with zero attached hydrogens (tertiary/aromatic N) is 2. The van der Waals surface area contributed by atoms with Crippen molar-refractivity contribution in [3.05, 3.63) is 41.2 Å². The van der Waals surface area contributed by atoms with E-state index in [1.54, 1.807) is 24.6 Å². The second-order valence-corrected chi connectivity index (χ2v) is 7.42. The van der Waals surface area contributed by atoms with Crippen molar-refractivity contribution in [2.45, 2.75) is 13.0 Å². The summed E-state index contributed by atoms with van der Waals surface area (Å²) >= 11 is 11.5. The van der Waals surface area contributed by atoms with Gasteiger partial charge in [-0.25, -0.2) is 14.2 Å². The monoisotopic (exact) mass is 410 g/mol. The van der Waals surface area contributed by atoms with E-state index < -0.39 is 11.9 Å². The standard InChI is InChI=1S/C16H15FN4O2S3/c1-9(24)19-7-11-8-21(16(22)23-11)10-2-3-12(13(17)6-10)14(25)20-15-18-4-5-26-15/h2-6,11H,7-8H2,1H3,(H,19,24)(H,18,20,25)/t11-/m0/s1. The lowest BCUT2D eigenvalue weighted by atomic mass is 10.1. The average Bonchev–Trinajstić information content (AvgIpc) is 3.22. The van der Waals surface area contributed by atoms with Gasteiger partial charge in [-0.15, -0.1) is 11.3 Å². The van der Waals surface area contributed by atoms with E-state index in [4.69, 9.17) is 29.2 Å². The SMILES string of the molecule is CC(=S)NC[C@H]1CN(c2ccc(C(=S)Nc3nccs3)c(F)c2)C(=O)O1. The number of anilines is 2. The van der Waals surface area contributed by atoms with Crippen molar-refractivity contribution in [1.82, 2.24) is 10.3 Å². The number of thiazole rings is 1. The van der Waals surface area contributed by atoms with Crippen LogP contribution in [-0.2, 0) is 4.74 Å². The summed E-state index contributed by atoms with van der Waals surface area (Å²) in [4.78, 5) is 18.3.